The monoisotopic (exact) mass is 250 g/mol. The normalized spacial score (nSPS) is 12.1. The number of nitrogens with zero attached hydrogens (tertiary/aromatic N) is 3. The summed E-state index contributed by atoms with van der Waals surface area (Å²) in [4.78, 5) is 4.09. The van der Waals surface area contributed by atoms with Gasteiger partial charge in [0, 0.05) is 13.2 Å². The summed E-state index contributed by atoms with van der Waals surface area (Å²) >= 11 is 0. The molecule has 18 heavy (non-hydrogen) atoms. The highest BCUT2D eigenvalue weighted by molar-refractivity contribution is 5.99. The van der Waals surface area contributed by atoms with Crippen LogP contribution in [0.4, 0.5) is 14.5 Å². The Morgan fingerprint density at radius 2 is 2.00 bits per heavy atom. The van der Waals surface area contributed by atoms with Gasteiger partial charge in [-0.25, -0.2) is 13.8 Å². The van der Waals surface area contributed by atoms with Gasteiger partial charge in [0.2, 0.25) is 0 Å². The molecular formula is C12H12F2N4. The lowest BCUT2D eigenvalue weighted by molar-refractivity contribution is 0.145. The van der Waals surface area contributed by atoms with Crippen molar-refractivity contribution in [2.45, 2.75) is 6.43 Å². The topological polar surface area (TPSA) is 56.2 Å². The number of aryl methyl sites for hydroxylation is 1. The smallest absolute Gasteiger partial charge is 0.282 e. The van der Waals surface area contributed by atoms with Crippen LogP contribution in [0.5, 0.6) is 0 Å². The minimum absolute atomic E-state index is 0.0320. The predicted molar refractivity (Wildman–Crippen MR) is 65.0 cm³/mol. The molecule has 0 spiro atoms. The van der Waals surface area contributed by atoms with Crippen LogP contribution in [0.15, 0.2) is 41.5 Å². The van der Waals surface area contributed by atoms with Crippen molar-refractivity contribution < 1.29 is 8.78 Å². The molecule has 0 atom stereocenters. The molecule has 94 valence electrons. The van der Waals surface area contributed by atoms with Crippen molar-refractivity contribution in [2.75, 3.05) is 0 Å². The first kappa shape index (κ1) is 12.2. The van der Waals surface area contributed by atoms with Crippen molar-refractivity contribution in [1.29, 1.82) is 0 Å². The fourth-order valence-corrected chi connectivity index (χ4v) is 1.57. The maximum Gasteiger partial charge on any atom is 0.282 e. The van der Waals surface area contributed by atoms with Crippen LogP contribution in [0.3, 0.4) is 0 Å². The van der Waals surface area contributed by atoms with E-state index in [0.29, 0.717) is 5.69 Å². The molecule has 1 aromatic heterocycles. The van der Waals surface area contributed by atoms with Crippen molar-refractivity contribution in [3.63, 3.8) is 0 Å². The molecular weight excluding hydrogens is 238 g/mol. The van der Waals surface area contributed by atoms with Gasteiger partial charge in [-0.05, 0) is 12.1 Å². The van der Waals surface area contributed by atoms with Gasteiger partial charge in [0.05, 0.1) is 11.3 Å². The number of para-hydroxylation sites is 1. The number of amidine groups is 1. The minimum Gasteiger partial charge on any atom is -0.383 e. The Kier molecular flexibility index (Phi) is 3.36. The Morgan fingerprint density at radius 1 is 1.33 bits per heavy atom. The highest BCUT2D eigenvalue weighted by Crippen LogP contribution is 2.21. The molecule has 4 nitrogen and oxygen atoms in total. The maximum absolute atomic E-state index is 12.8. The van der Waals surface area contributed by atoms with E-state index in [-0.39, 0.29) is 17.1 Å². The van der Waals surface area contributed by atoms with Crippen LogP contribution in [0.2, 0.25) is 0 Å². The second kappa shape index (κ2) is 4.95. The summed E-state index contributed by atoms with van der Waals surface area (Å²) in [6.07, 6.45) is -1.24. The summed E-state index contributed by atoms with van der Waals surface area (Å²) in [5.41, 5.74) is 6.16. The summed E-state index contributed by atoms with van der Waals surface area (Å²) in [6, 6.07) is 8.91. The van der Waals surface area contributed by atoms with Crippen LogP contribution in [-0.2, 0) is 7.05 Å². The molecule has 0 aliphatic rings. The fourth-order valence-electron chi connectivity index (χ4n) is 1.57. The summed E-state index contributed by atoms with van der Waals surface area (Å²) in [5, 5.41) is 3.68. The number of benzene rings is 1. The standard InChI is InChI=1S/C12H12F2N4/c1-18-7-9(10(17-18)11(13)14)12(15)16-8-5-3-2-4-6-8/h2-7,11H,1H3,(H2,15,16). The zero-order chi connectivity index (χ0) is 13.1. The average Bonchev–Trinajstić information content (AvgIpc) is 2.73. The number of aliphatic imine (C=N–C) groups is 1. The largest absolute Gasteiger partial charge is 0.383 e. The zero-order valence-corrected chi connectivity index (χ0v) is 9.72. The van der Waals surface area contributed by atoms with E-state index in [1.807, 2.05) is 6.07 Å². The maximum atomic E-state index is 12.8. The van der Waals surface area contributed by atoms with Gasteiger partial charge in [-0.1, -0.05) is 18.2 Å². The third-order valence-electron chi connectivity index (χ3n) is 2.35. The van der Waals surface area contributed by atoms with Crippen LogP contribution in [0.25, 0.3) is 0 Å². The lowest BCUT2D eigenvalue weighted by atomic mass is 10.2. The molecule has 0 unspecified atom stereocenters. The van der Waals surface area contributed by atoms with E-state index >= 15 is 0 Å². The molecule has 0 aliphatic heterocycles. The number of hydrogen-bond donors (Lipinski definition) is 1. The SMILES string of the molecule is Cn1cc(C(N)=Nc2ccccc2)c(C(F)F)n1. The van der Waals surface area contributed by atoms with Gasteiger partial charge in [-0.2, -0.15) is 5.10 Å². The molecule has 6 heteroatoms. The summed E-state index contributed by atoms with van der Waals surface area (Å²) in [5.74, 6) is 0.0320. The molecule has 2 aromatic rings. The molecule has 0 bridgehead atoms. The van der Waals surface area contributed by atoms with Crippen LogP contribution >= 0.6 is 0 Å². The third-order valence-corrected chi connectivity index (χ3v) is 2.35. The van der Waals surface area contributed by atoms with Gasteiger partial charge in [0.25, 0.3) is 6.43 Å². The van der Waals surface area contributed by atoms with Crippen molar-refractivity contribution in [1.82, 2.24) is 9.78 Å². The molecule has 0 fully saturated rings. The van der Waals surface area contributed by atoms with Crippen molar-refractivity contribution >= 4 is 11.5 Å². The van der Waals surface area contributed by atoms with Crippen molar-refractivity contribution in [2.24, 2.45) is 17.8 Å². The Bertz CT molecular complexity index is 561. The Labute approximate surface area is 103 Å². The van der Waals surface area contributed by atoms with Gasteiger partial charge in [-0.3, -0.25) is 4.68 Å². The van der Waals surface area contributed by atoms with E-state index in [1.54, 1.807) is 31.3 Å². The highest BCUT2D eigenvalue weighted by Gasteiger charge is 2.19. The van der Waals surface area contributed by atoms with Crippen LogP contribution in [0, 0.1) is 0 Å². The molecule has 0 radical (unpaired) electrons. The van der Waals surface area contributed by atoms with Crippen molar-refractivity contribution in [3.05, 3.63) is 47.8 Å². The quantitative estimate of drug-likeness (QED) is 0.671. The summed E-state index contributed by atoms with van der Waals surface area (Å²) < 4.78 is 26.8. The molecule has 0 aliphatic carbocycles. The number of hydrogen-bond acceptors (Lipinski definition) is 2. The van der Waals surface area contributed by atoms with E-state index in [0.717, 1.165) is 0 Å². The fraction of sp³-hybridized carbons (Fsp3) is 0.167. The lowest BCUT2D eigenvalue weighted by Crippen LogP contribution is -2.14. The van der Waals surface area contributed by atoms with E-state index in [1.165, 1.54) is 10.9 Å². The summed E-state index contributed by atoms with van der Waals surface area (Å²) in [7, 11) is 1.56. The predicted octanol–water partition coefficient (Wildman–Crippen LogP) is 2.39. The molecule has 1 heterocycles. The van der Waals surface area contributed by atoms with Gasteiger partial charge >= 0.3 is 0 Å². The zero-order valence-electron chi connectivity index (χ0n) is 9.72. The van der Waals surface area contributed by atoms with Gasteiger partial charge in [0.1, 0.15) is 11.5 Å². The number of rotatable bonds is 3. The molecule has 0 saturated heterocycles. The van der Waals surface area contributed by atoms with E-state index in [9.17, 15) is 8.78 Å². The lowest BCUT2D eigenvalue weighted by Gasteiger charge is -2.01. The van der Waals surface area contributed by atoms with Gasteiger partial charge in [0.15, 0.2) is 0 Å². The van der Waals surface area contributed by atoms with Crippen LogP contribution in [0.1, 0.15) is 17.7 Å². The second-order valence-electron chi connectivity index (χ2n) is 3.73. The second-order valence-corrected chi connectivity index (χ2v) is 3.73. The third kappa shape index (κ3) is 2.53. The average molecular weight is 250 g/mol. The molecule has 1 aromatic carbocycles. The van der Waals surface area contributed by atoms with Gasteiger partial charge in [-0.15, -0.1) is 0 Å². The Morgan fingerprint density at radius 3 is 2.61 bits per heavy atom. The van der Waals surface area contributed by atoms with Crippen LogP contribution < -0.4 is 5.73 Å². The molecule has 2 rings (SSSR count). The first-order valence-corrected chi connectivity index (χ1v) is 5.29. The molecule has 0 saturated carbocycles. The van der Waals surface area contributed by atoms with E-state index in [2.05, 4.69) is 10.1 Å². The summed E-state index contributed by atoms with van der Waals surface area (Å²) in [6.45, 7) is 0. The Balaban J connectivity index is 2.40. The number of nitrogens with two attached hydrogens (primary N) is 1. The highest BCUT2D eigenvalue weighted by atomic mass is 19.3. The minimum atomic E-state index is -2.68. The van der Waals surface area contributed by atoms with E-state index in [4.69, 9.17) is 5.73 Å². The number of alkyl halides is 2. The molecule has 0 amide bonds. The molecule has 2 N–H and O–H groups in total. The van der Waals surface area contributed by atoms with Gasteiger partial charge < -0.3 is 5.73 Å². The number of halogens is 2. The van der Waals surface area contributed by atoms with Crippen LogP contribution in [-0.4, -0.2) is 15.6 Å². The first-order valence-electron chi connectivity index (χ1n) is 5.29. The van der Waals surface area contributed by atoms with Crippen molar-refractivity contribution in [3.8, 4) is 0 Å². The first-order chi connectivity index (χ1) is 8.58. The number of aromatic nitrogens is 2. The van der Waals surface area contributed by atoms with E-state index < -0.39 is 6.43 Å². The Hall–Kier alpha value is -2.24.